The Morgan fingerprint density at radius 2 is 1.96 bits per heavy atom. The van der Waals surface area contributed by atoms with E-state index in [9.17, 15) is 14.7 Å². The molecule has 1 saturated heterocycles. The fourth-order valence-corrected chi connectivity index (χ4v) is 9.81. The number of β-lactam (4-membered cyclic amide) rings is 1. The van der Waals surface area contributed by atoms with Gasteiger partial charge in [0.15, 0.2) is 15.1 Å². The highest BCUT2D eigenvalue weighted by Crippen LogP contribution is 2.52. The van der Waals surface area contributed by atoms with Crippen molar-refractivity contribution in [3.8, 4) is 11.5 Å². The summed E-state index contributed by atoms with van der Waals surface area (Å²) in [6, 6.07) is 3.91. The lowest BCUT2D eigenvalue weighted by atomic mass is 9.73. The van der Waals surface area contributed by atoms with Gasteiger partial charge in [-0.15, -0.1) is 0 Å². The van der Waals surface area contributed by atoms with E-state index in [-0.39, 0.29) is 71.6 Å². The molecule has 1 unspecified atom stereocenters. The second-order valence-corrected chi connectivity index (χ2v) is 21.6. The Kier molecular flexibility index (Phi) is 13.4. The summed E-state index contributed by atoms with van der Waals surface area (Å²) in [6.45, 7) is 27.1. The van der Waals surface area contributed by atoms with Gasteiger partial charge in [0.25, 0.3) is 0 Å². The van der Waals surface area contributed by atoms with Crippen molar-refractivity contribution < 1.29 is 33.3 Å². The maximum atomic E-state index is 13.6. The van der Waals surface area contributed by atoms with E-state index in [1.165, 1.54) is 28.3 Å². The van der Waals surface area contributed by atoms with Gasteiger partial charge >= 0.3 is 5.97 Å². The monoisotopic (exact) mass is 725 g/mol. The number of rotatable bonds is 17. The van der Waals surface area contributed by atoms with Gasteiger partial charge in [0.1, 0.15) is 29.2 Å². The van der Waals surface area contributed by atoms with Crippen molar-refractivity contribution in [3.05, 3.63) is 70.3 Å². The van der Waals surface area contributed by atoms with Crippen LogP contribution in [-0.2, 0) is 29.9 Å². The average Bonchev–Trinajstić information content (AvgIpc) is 3.35. The molecule has 50 heavy (non-hydrogen) atoms. The third-order valence-electron chi connectivity index (χ3n) is 10.7. The maximum absolute atomic E-state index is 13.6. The molecule has 3 aliphatic rings. The number of esters is 1. The van der Waals surface area contributed by atoms with E-state index in [0.29, 0.717) is 10.7 Å². The van der Waals surface area contributed by atoms with Crippen molar-refractivity contribution in [2.24, 2.45) is 11.8 Å². The number of hydrogen-bond acceptors (Lipinski definition) is 8. The van der Waals surface area contributed by atoms with Crippen LogP contribution in [0, 0.1) is 11.8 Å². The molecule has 2 aliphatic heterocycles. The number of carbonyl (C=O) groups is 2. The van der Waals surface area contributed by atoms with Gasteiger partial charge in [0.2, 0.25) is 5.91 Å². The van der Waals surface area contributed by atoms with Gasteiger partial charge in [-0.05, 0) is 88.2 Å². The van der Waals surface area contributed by atoms with E-state index in [1.54, 1.807) is 0 Å². The van der Waals surface area contributed by atoms with E-state index in [2.05, 4.69) is 73.9 Å². The average molecular weight is 726 g/mol. The number of amides is 1. The minimum Gasteiger partial charge on any atom is -0.507 e. The van der Waals surface area contributed by atoms with Gasteiger partial charge in [-0.2, -0.15) is 0 Å². The molecule has 1 aliphatic carbocycles. The number of benzene rings is 1. The van der Waals surface area contributed by atoms with E-state index < -0.39 is 14.3 Å². The number of fused-ring (bicyclic) bond motifs is 1. The third kappa shape index (κ3) is 8.80. The summed E-state index contributed by atoms with van der Waals surface area (Å²) in [5.41, 5.74) is 4.34. The zero-order chi connectivity index (χ0) is 37.0. The van der Waals surface area contributed by atoms with Crippen molar-refractivity contribution in [2.45, 2.75) is 123 Å². The number of phenolic OH excluding ortho intramolecular Hbond substituents is 1. The first kappa shape index (κ1) is 40.0. The molecule has 8 nitrogen and oxygen atoms in total. The molecule has 5 atom stereocenters. The third-order valence-corrected chi connectivity index (χ3v) is 16.6. The minimum atomic E-state index is -2.13. The van der Waals surface area contributed by atoms with Crippen LogP contribution in [0.15, 0.2) is 59.2 Å². The van der Waals surface area contributed by atoms with Gasteiger partial charge in [0.05, 0.1) is 18.6 Å². The zero-order valence-electron chi connectivity index (χ0n) is 31.7. The Hall–Kier alpha value is -2.79. The lowest BCUT2D eigenvalue weighted by Gasteiger charge is -2.48. The Morgan fingerprint density at radius 3 is 2.60 bits per heavy atom. The van der Waals surface area contributed by atoms with Crippen LogP contribution in [-0.4, -0.2) is 61.7 Å². The van der Waals surface area contributed by atoms with Crippen molar-refractivity contribution in [2.75, 3.05) is 20.0 Å². The van der Waals surface area contributed by atoms with Crippen LogP contribution in [0.25, 0.3) is 0 Å². The topological polar surface area (TPSA) is 94.5 Å². The highest BCUT2D eigenvalue weighted by atomic mass is 32.2. The number of hydrogen-bond donors (Lipinski definition) is 1. The summed E-state index contributed by atoms with van der Waals surface area (Å²) >= 11 is 1.45. The molecule has 1 amide bonds. The fourth-order valence-electron chi connectivity index (χ4n) is 6.84. The number of thioether (sulfide) groups is 1. The van der Waals surface area contributed by atoms with E-state index in [1.807, 2.05) is 19.1 Å². The van der Waals surface area contributed by atoms with Crippen LogP contribution >= 0.6 is 11.8 Å². The zero-order valence-corrected chi connectivity index (χ0v) is 33.5. The predicted octanol–water partition coefficient (Wildman–Crippen LogP) is 9.38. The Bertz CT molecular complexity index is 1510. The summed E-state index contributed by atoms with van der Waals surface area (Å²) in [4.78, 5) is 29.0. The molecule has 1 N–H and O–H groups in total. The molecule has 1 aromatic carbocycles. The van der Waals surface area contributed by atoms with Crippen molar-refractivity contribution in [1.29, 1.82) is 0 Å². The Labute approximate surface area is 305 Å². The molecule has 0 radical (unpaired) electrons. The minimum absolute atomic E-state index is 0.00330. The summed E-state index contributed by atoms with van der Waals surface area (Å²) in [5, 5.41) is 11.2. The fraction of sp³-hybridized carbons (Fsp3) is 0.600. The van der Waals surface area contributed by atoms with Gasteiger partial charge in [0, 0.05) is 16.4 Å². The number of aromatic hydroxyl groups is 1. The Balaban J connectivity index is 1.55. The molecule has 4 rings (SSSR count). The molecule has 0 spiro atoms. The summed E-state index contributed by atoms with van der Waals surface area (Å²) in [5.74, 6) is -0.189. The van der Waals surface area contributed by atoms with Gasteiger partial charge in [-0.3, -0.25) is 9.69 Å². The molecule has 2 heterocycles. The molecule has 1 fully saturated rings. The molecule has 0 bridgehead atoms. The van der Waals surface area contributed by atoms with Crippen LogP contribution < -0.4 is 4.74 Å². The second-order valence-electron chi connectivity index (χ2n) is 15.6. The first-order valence-electron chi connectivity index (χ1n) is 18.1. The molecule has 0 saturated carbocycles. The lowest BCUT2D eigenvalue weighted by Crippen LogP contribution is -2.62. The van der Waals surface area contributed by atoms with Crippen molar-refractivity contribution >= 4 is 32.0 Å². The van der Waals surface area contributed by atoms with Crippen LogP contribution in [0.4, 0.5) is 0 Å². The lowest BCUT2D eigenvalue weighted by molar-refractivity contribution is -0.157. The molecular weight excluding hydrogens is 667 g/mol. The van der Waals surface area contributed by atoms with Gasteiger partial charge in [-0.25, -0.2) is 4.79 Å². The predicted molar refractivity (Wildman–Crippen MR) is 204 cm³/mol. The van der Waals surface area contributed by atoms with Gasteiger partial charge < -0.3 is 23.7 Å². The molecular formula is C40H59NO7SSi. The highest BCUT2D eigenvalue weighted by Gasteiger charge is 2.59. The largest absolute Gasteiger partial charge is 0.507 e. The maximum Gasteiger partial charge on any atom is 0.356 e. The van der Waals surface area contributed by atoms with Crippen LogP contribution in [0.1, 0.15) is 97.6 Å². The highest BCUT2D eigenvalue weighted by molar-refractivity contribution is 8.04. The standard InChI is InChI=1S/C40H59NO7SSi/c1-12-14-15-16-28-21-31(42)35(30-20-26(5)17-18-29(30)25(3)4)32(22-28)47-24-45-23-33-36(39(44)46-19-13-2)41-37(43)34(38(41)49-33)27(6)48-50(10,11)40(7,8)9/h13,20-22,27,29-30,34,38,42H,2-3,12,14-19,23-24H2,1,4-11H3/t27-,29+,30-,34+,38?/m1/s1. The van der Waals surface area contributed by atoms with Crippen LogP contribution in [0.2, 0.25) is 18.1 Å². The van der Waals surface area contributed by atoms with Crippen molar-refractivity contribution in [3.63, 3.8) is 0 Å². The summed E-state index contributed by atoms with van der Waals surface area (Å²) in [7, 11) is -2.13. The molecule has 1 aromatic rings. The number of aryl methyl sites for hydroxylation is 1. The number of phenols is 1. The number of carbonyl (C=O) groups excluding carboxylic acids is 2. The SMILES string of the molecule is C=CCOC(=O)C1=C(COCOc2cc(CCCCC)cc(O)c2[C@@H]2C=C(C)CC[C@H]2C(=C)C)SC2[C@@H]([C@@H](C)O[Si](C)(C)C(C)(C)C)C(=O)N12. The normalized spacial score (nSPS) is 22.9. The Morgan fingerprint density at radius 1 is 1.24 bits per heavy atom. The second kappa shape index (κ2) is 16.7. The number of ether oxygens (including phenoxy) is 3. The van der Waals surface area contributed by atoms with E-state index in [0.717, 1.165) is 55.2 Å². The molecule has 0 aromatic heterocycles. The number of unbranched alkanes of at least 4 members (excludes halogenated alkanes) is 2. The number of nitrogens with zero attached hydrogens (tertiary/aromatic N) is 1. The van der Waals surface area contributed by atoms with Crippen LogP contribution in [0.5, 0.6) is 11.5 Å². The molecule has 10 heteroatoms. The van der Waals surface area contributed by atoms with E-state index >= 15 is 0 Å². The van der Waals surface area contributed by atoms with Crippen molar-refractivity contribution in [1.82, 2.24) is 4.90 Å². The summed E-state index contributed by atoms with van der Waals surface area (Å²) in [6.07, 6.45) is 9.47. The smallest absolute Gasteiger partial charge is 0.356 e. The first-order chi connectivity index (χ1) is 23.5. The first-order valence-corrected chi connectivity index (χ1v) is 21.9. The number of allylic oxidation sites excluding steroid dienone is 3. The van der Waals surface area contributed by atoms with Crippen LogP contribution in [0.3, 0.4) is 0 Å². The quantitative estimate of drug-likeness (QED) is 0.0424. The molecule has 276 valence electrons. The van der Waals surface area contributed by atoms with E-state index in [4.69, 9.17) is 18.6 Å². The summed E-state index contributed by atoms with van der Waals surface area (Å²) < 4.78 is 24.5. The van der Waals surface area contributed by atoms with Gasteiger partial charge in [-0.1, -0.05) is 88.8 Å².